The van der Waals surface area contributed by atoms with E-state index in [0.29, 0.717) is 24.0 Å². The zero-order valence-electron chi connectivity index (χ0n) is 13.1. The first-order chi connectivity index (χ1) is 12.2. The van der Waals surface area contributed by atoms with Crippen LogP contribution in [0.3, 0.4) is 0 Å². The molecular weight excluding hydrogens is 361 g/mol. The Hall–Kier alpha value is -2.31. The van der Waals surface area contributed by atoms with Gasteiger partial charge >= 0.3 is 6.18 Å². The van der Waals surface area contributed by atoms with E-state index < -0.39 is 46.8 Å². The number of allylic oxidation sites excluding steroid dienone is 1. The first-order valence-corrected chi connectivity index (χ1v) is 7.94. The molecule has 1 fully saturated rings. The number of hydrogen-bond acceptors (Lipinski definition) is 0. The summed E-state index contributed by atoms with van der Waals surface area (Å²) in [7, 11) is 0. The number of hydrogen-bond donors (Lipinski definition) is 0. The zero-order valence-corrected chi connectivity index (χ0v) is 13.1. The lowest BCUT2D eigenvalue weighted by atomic mass is 9.90. The maximum Gasteiger partial charge on any atom is 0.416 e. The highest BCUT2D eigenvalue weighted by atomic mass is 19.4. The zero-order chi connectivity index (χ0) is 18.8. The van der Waals surface area contributed by atoms with Crippen LogP contribution >= 0.6 is 0 Å². The van der Waals surface area contributed by atoms with Crippen molar-refractivity contribution in [3.8, 4) is 0 Å². The van der Waals surface area contributed by atoms with Gasteiger partial charge in [0.05, 0.1) is 5.56 Å². The molecule has 2 aliphatic carbocycles. The van der Waals surface area contributed by atoms with Crippen molar-refractivity contribution in [2.45, 2.75) is 30.9 Å². The van der Waals surface area contributed by atoms with Gasteiger partial charge in [-0.05, 0) is 30.5 Å². The first-order valence-electron chi connectivity index (χ1n) is 7.94. The second-order valence-electron chi connectivity index (χ2n) is 6.53. The third-order valence-corrected chi connectivity index (χ3v) is 5.16. The highest BCUT2D eigenvalue weighted by Gasteiger charge is 2.47. The van der Waals surface area contributed by atoms with Crippen LogP contribution in [-0.2, 0) is 6.18 Å². The summed E-state index contributed by atoms with van der Waals surface area (Å²) >= 11 is 0. The Bertz CT molecular complexity index is 878. The summed E-state index contributed by atoms with van der Waals surface area (Å²) < 4.78 is 93.4. The van der Waals surface area contributed by atoms with Crippen molar-refractivity contribution in [3.05, 3.63) is 75.4 Å². The molecule has 2 bridgehead atoms. The van der Waals surface area contributed by atoms with Crippen LogP contribution < -0.4 is 0 Å². The second-order valence-corrected chi connectivity index (χ2v) is 6.53. The minimum absolute atomic E-state index is 0.171. The molecule has 0 aliphatic heterocycles. The minimum Gasteiger partial charge on any atom is -0.203 e. The lowest BCUT2D eigenvalue weighted by Gasteiger charge is -2.16. The molecule has 2 atom stereocenters. The van der Waals surface area contributed by atoms with Gasteiger partial charge in [0.15, 0.2) is 23.3 Å². The Morgan fingerprint density at radius 1 is 0.731 bits per heavy atom. The Balaban J connectivity index is 1.77. The summed E-state index contributed by atoms with van der Waals surface area (Å²) in [6.45, 7) is 0. The average molecular weight is 372 g/mol. The van der Waals surface area contributed by atoms with Crippen molar-refractivity contribution in [1.29, 1.82) is 0 Å². The third kappa shape index (κ3) is 2.36. The molecule has 0 nitrogen and oxygen atoms in total. The summed E-state index contributed by atoms with van der Waals surface area (Å²) in [4.78, 5) is 0. The lowest BCUT2D eigenvalue weighted by molar-refractivity contribution is -0.137. The van der Waals surface area contributed by atoms with Crippen LogP contribution in [0.5, 0.6) is 0 Å². The SMILES string of the molecule is Fc1c(F)c(F)c2c(c1F)C1CCC2C1=Cc1ccc(C(F)(F)F)cc1. The van der Waals surface area contributed by atoms with Gasteiger partial charge in [-0.1, -0.05) is 23.8 Å². The predicted molar refractivity (Wildman–Crippen MR) is 80.4 cm³/mol. The lowest BCUT2D eigenvalue weighted by Crippen LogP contribution is -2.09. The van der Waals surface area contributed by atoms with Crippen molar-refractivity contribution in [1.82, 2.24) is 0 Å². The fraction of sp³-hybridized carbons (Fsp3) is 0.263. The summed E-state index contributed by atoms with van der Waals surface area (Å²) in [5.74, 6) is -7.62. The van der Waals surface area contributed by atoms with Gasteiger partial charge in [0, 0.05) is 23.0 Å². The maximum absolute atomic E-state index is 14.2. The number of rotatable bonds is 1. The number of benzene rings is 2. The Morgan fingerprint density at radius 2 is 1.19 bits per heavy atom. The molecule has 0 aromatic heterocycles. The van der Waals surface area contributed by atoms with Crippen LogP contribution in [0.25, 0.3) is 6.08 Å². The van der Waals surface area contributed by atoms with Crippen LogP contribution in [0.4, 0.5) is 30.7 Å². The molecule has 0 heterocycles. The fourth-order valence-electron chi connectivity index (χ4n) is 4.04. The summed E-state index contributed by atoms with van der Waals surface area (Å²) in [5.41, 5.74) is -0.146. The van der Waals surface area contributed by atoms with Gasteiger partial charge in [-0.2, -0.15) is 13.2 Å². The number of fused-ring (bicyclic) bond motifs is 5. The van der Waals surface area contributed by atoms with Crippen LogP contribution in [0.15, 0.2) is 29.8 Å². The van der Waals surface area contributed by atoms with E-state index in [-0.39, 0.29) is 11.1 Å². The maximum atomic E-state index is 14.2. The van der Waals surface area contributed by atoms with E-state index in [1.165, 1.54) is 12.1 Å². The predicted octanol–water partition coefficient (Wildman–Crippen LogP) is 6.32. The van der Waals surface area contributed by atoms with E-state index in [1.807, 2.05) is 0 Å². The molecule has 2 aromatic rings. The number of halogens is 7. The van der Waals surface area contributed by atoms with Crippen molar-refractivity contribution in [3.63, 3.8) is 0 Å². The summed E-state index contributed by atoms with van der Waals surface area (Å²) in [6, 6.07) is 4.34. The summed E-state index contributed by atoms with van der Waals surface area (Å²) in [6.07, 6.45) is -2.01. The van der Waals surface area contributed by atoms with Crippen molar-refractivity contribution in [2.24, 2.45) is 0 Å². The molecule has 4 rings (SSSR count). The van der Waals surface area contributed by atoms with Crippen molar-refractivity contribution < 1.29 is 30.7 Å². The van der Waals surface area contributed by atoms with E-state index >= 15 is 0 Å². The number of alkyl halides is 3. The molecule has 0 N–H and O–H groups in total. The molecule has 2 aliphatic rings. The monoisotopic (exact) mass is 372 g/mol. The second kappa shape index (κ2) is 5.59. The molecule has 2 aromatic carbocycles. The molecule has 2 unspecified atom stereocenters. The third-order valence-electron chi connectivity index (χ3n) is 5.16. The molecule has 0 amide bonds. The normalized spacial score (nSPS) is 21.3. The molecule has 0 radical (unpaired) electrons. The molecule has 0 spiro atoms. The van der Waals surface area contributed by atoms with Gasteiger partial charge in [-0.25, -0.2) is 17.6 Å². The van der Waals surface area contributed by atoms with E-state index in [2.05, 4.69) is 0 Å². The van der Waals surface area contributed by atoms with Gasteiger partial charge < -0.3 is 0 Å². The van der Waals surface area contributed by atoms with Gasteiger partial charge in [0.25, 0.3) is 0 Å². The van der Waals surface area contributed by atoms with Crippen LogP contribution in [0, 0.1) is 23.3 Å². The Morgan fingerprint density at radius 3 is 1.62 bits per heavy atom. The van der Waals surface area contributed by atoms with E-state index in [4.69, 9.17) is 0 Å². The smallest absolute Gasteiger partial charge is 0.203 e. The van der Waals surface area contributed by atoms with Crippen LogP contribution in [-0.4, -0.2) is 0 Å². The standard InChI is InChI=1S/C19H11F7/c20-15-13-10-5-6-11(14(13)16(21)18(23)17(15)22)12(10)7-8-1-3-9(4-2-8)19(24,25)26/h1-4,7,10-11H,5-6H2. The molecule has 1 saturated carbocycles. The minimum atomic E-state index is -4.46. The average Bonchev–Trinajstić information content (AvgIpc) is 3.12. The fourth-order valence-corrected chi connectivity index (χ4v) is 4.04. The largest absolute Gasteiger partial charge is 0.416 e. The van der Waals surface area contributed by atoms with E-state index in [1.54, 1.807) is 6.08 Å². The van der Waals surface area contributed by atoms with E-state index in [9.17, 15) is 30.7 Å². The molecule has 136 valence electrons. The van der Waals surface area contributed by atoms with Crippen LogP contribution in [0.2, 0.25) is 0 Å². The topological polar surface area (TPSA) is 0 Å². The highest BCUT2D eigenvalue weighted by molar-refractivity contribution is 5.65. The quantitative estimate of drug-likeness (QED) is 0.312. The van der Waals surface area contributed by atoms with Crippen molar-refractivity contribution >= 4 is 6.08 Å². The summed E-state index contributed by atoms with van der Waals surface area (Å²) in [5, 5.41) is 0. The Labute approximate surface area is 144 Å². The van der Waals surface area contributed by atoms with Crippen molar-refractivity contribution in [2.75, 3.05) is 0 Å². The van der Waals surface area contributed by atoms with Gasteiger partial charge in [-0.15, -0.1) is 0 Å². The van der Waals surface area contributed by atoms with Gasteiger partial charge in [0.2, 0.25) is 0 Å². The highest BCUT2D eigenvalue weighted by Crippen LogP contribution is 2.59. The Kier molecular flexibility index (Phi) is 3.68. The van der Waals surface area contributed by atoms with Gasteiger partial charge in [0.1, 0.15) is 0 Å². The first kappa shape index (κ1) is 17.1. The molecule has 26 heavy (non-hydrogen) atoms. The molecule has 0 saturated heterocycles. The van der Waals surface area contributed by atoms with Crippen LogP contribution in [0.1, 0.15) is 46.9 Å². The molecule has 7 heteroatoms. The molecular formula is C19H11F7. The van der Waals surface area contributed by atoms with Gasteiger partial charge in [-0.3, -0.25) is 0 Å². The van der Waals surface area contributed by atoms with E-state index in [0.717, 1.165) is 12.1 Å².